The van der Waals surface area contributed by atoms with Crippen LogP contribution in [0.1, 0.15) is 31.3 Å². The van der Waals surface area contributed by atoms with E-state index >= 15 is 0 Å². The SMILES string of the molecule is CC(C)c1nc(CSc2ccc(F)cc2)[nH]c(=O)c1I. The van der Waals surface area contributed by atoms with Gasteiger partial charge in [-0.3, -0.25) is 4.79 Å². The molecule has 0 atom stereocenters. The van der Waals surface area contributed by atoms with Crippen LogP contribution in [-0.4, -0.2) is 9.97 Å². The summed E-state index contributed by atoms with van der Waals surface area (Å²) in [5.74, 6) is 1.15. The third kappa shape index (κ3) is 3.82. The first kappa shape index (κ1) is 15.5. The molecule has 0 saturated carbocycles. The van der Waals surface area contributed by atoms with Crippen molar-refractivity contribution in [3.63, 3.8) is 0 Å². The molecule has 106 valence electrons. The molecule has 0 aliphatic heterocycles. The molecule has 0 saturated heterocycles. The van der Waals surface area contributed by atoms with Crippen molar-refractivity contribution in [1.29, 1.82) is 0 Å². The average molecular weight is 404 g/mol. The Labute approximate surface area is 134 Å². The Morgan fingerprint density at radius 2 is 2.00 bits per heavy atom. The van der Waals surface area contributed by atoms with Crippen LogP contribution in [-0.2, 0) is 5.75 Å². The summed E-state index contributed by atoms with van der Waals surface area (Å²) in [7, 11) is 0. The van der Waals surface area contributed by atoms with Crippen LogP contribution in [0.5, 0.6) is 0 Å². The molecule has 6 heteroatoms. The average Bonchev–Trinajstić information content (AvgIpc) is 2.41. The van der Waals surface area contributed by atoms with Crippen LogP contribution in [0.15, 0.2) is 34.0 Å². The van der Waals surface area contributed by atoms with Gasteiger partial charge in [0.1, 0.15) is 11.6 Å². The second kappa shape index (κ2) is 6.71. The molecule has 0 bridgehead atoms. The molecule has 0 radical (unpaired) electrons. The van der Waals surface area contributed by atoms with Crippen molar-refractivity contribution in [2.45, 2.75) is 30.4 Å². The lowest BCUT2D eigenvalue weighted by molar-refractivity contribution is 0.626. The van der Waals surface area contributed by atoms with E-state index in [1.807, 2.05) is 36.4 Å². The van der Waals surface area contributed by atoms with Gasteiger partial charge in [0.2, 0.25) is 0 Å². The topological polar surface area (TPSA) is 45.8 Å². The Bertz CT molecular complexity index is 655. The lowest BCUT2D eigenvalue weighted by atomic mass is 10.1. The highest BCUT2D eigenvalue weighted by molar-refractivity contribution is 14.1. The van der Waals surface area contributed by atoms with Gasteiger partial charge in [-0.05, 0) is 52.8 Å². The minimum atomic E-state index is -0.253. The summed E-state index contributed by atoms with van der Waals surface area (Å²) in [5, 5.41) is 0. The molecule has 0 spiro atoms. The predicted octanol–water partition coefficient (Wildman–Crippen LogP) is 3.93. The van der Waals surface area contributed by atoms with Gasteiger partial charge in [-0.25, -0.2) is 9.37 Å². The molecule has 0 amide bonds. The summed E-state index contributed by atoms with van der Waals surface area (Å²) in [6.45, 7) is 4.03. The Kier molecular flexibility index (Phi) is 5.20. The molecule has 20 heavy (non-hydrogen) atoms. The Balaban J connectivity index is 2.17. The first-order valence-electron chi connectivity index (χ1n) is 6.14. The van der Waals surface area contributed by atoms with Crippen LogP contribution >= 0.6 is 34.4 Å². The van der Waals surface area contributed by atoms with Crippen LogP contribution < -0.4 is 5.56 Å². The van der Waals surface area contributed by atoms with Crippen LogP contribution in [0, 0.1) is 9.39 Å². The number of hydrogen-bond acceptors (Lipinski definition) is 3. The number of aromatic nitrogens is 2. The van der Waals surface area contributed by atoms with Crippen molar-refractivity contribution in [3.8, 4) is 0 Å². The minimum Gasteiger partial charge on any atom is -0.309 e. The van der Waals surface area contributed by atoms with Crippen molar-refractivity contribution >= 4 is 34.4 Å². The monoisotopic (exact) mass is 404 g/mol. The van der Waals surface area contributed by atoms with E-state index in [0.717, 1.165) is 10.6 Å². The summed E-state index contributed by atoms with van der Waals surface area (Å²) < 4.78 is 13.5. The largest absolute Gasteiger partial charge is 0.309 e. The van der Waals surface area contributed by atoms with Gasteiger partial charge in [0, 0.05) is 4.90 Å². The van der Waals surface area contributed by atoms with Gasteiger partial charge in [0.15, 0.2) is 0 Å². The zero-order valence-corrected chi connectivity index (χ0v) is 14.1. The zero-order valence-electron chi connectivity index (χ0n) is 11.1. The van der Waals surface area contributed by atoms with Crippen molar-refractivity contribution in [2.75, 3.05) is 0 Å². The van der Waals surface area contributed by atoms with Crippen LogP contribution in [0.25, 0.3) is 0 Å². The molecule has 1 heterocycles. The fourth-order valence-corrected chi connectivity index (χ4v) is 3.30. The number of hydrogen-bond donors (Lipinski definition) is 1. The van der Waals surface area contributed by atoms with Crippen LogP contribution in [0.2, 0.25) is 0 Å². The van der Waals surface area contributed by atoms with E-state index in [4.69, 9.17) is 0 Å². The molecule has 0 aliphatic carbocycles. The number of benzene rings is 1. The van der Waals surface area contributed by atoms with Gasteiger partial charge in [-0.2, -0.15) is 0 Å². The Hall–Kier alpha value is -0.890. The van der Waals surface area contributed by atoms with E-state index < -0.39 is 0 Å². The highest BCUT2D eigenvalue weighted by Crippen LogP contribution is 2.22. The van der Waals surface area contributed by atoms with E-state index in [1.54, 1.807) is 12.1 Å². The van der Waals surface area contributed by atoms with E-state index in [1.165, 1.54) is 23.9 Å². The molecule has 2 aromatic rings. The Morgan fingerprint density at radius 1 is 1.35 bits per heavy atom. The summed E-state index contributed by atoms with van der Waals surface area (Å²) >= 11 is 3.54. The first-order valence-corrected chi connectivity index (χ1v) is 8.20. The fraction of sp³-hybridized carbons (Fsp3) is 0.286. The number of aromatic amines is 1. The summed E-state index contributed by atoms with van der Waals surface area (Å²) in [4.78, 5) is 20.1. The lowest BCUT2D eigenvalue weighted by Gasteiger charge is -2.09. The molecule has 3 nitrogen and oxygen atoms in total. The first-order chi connectivity index (χ1) is 9.47. The molecule has 0 aliphatic rings. The standard InChI is InChI=1S/C14H14FIN2OS/c1-8(2)13-12(16)14(19)18-11(17-13)7-20-10-5-3-9(15)4-6-10/h3-6,8H,7H2,1-2H3,(H,17,18,19). The summed E-state index contributed by atoms with van der Waals surface area (Å²) in [6.07, 6.45) is 0. The van der Waals surface area contributed by atoms with Gasteiger partial charge < -0.3 is 4.98 Å². The quantitative estimate of drug-likeness (QED) is 0.621. The smallest absolute Gasteiger partial charge is 0.264 e. The second-order valence-corrected chi connectivity index (χ2v) is 6.74. The molecule has 0 fully saturated rings. The van der Waals surface area contributed by atoms with Gasteiger partial charge in [-0.15, -0.1) is 11.8 Å². The maximum atomic E-state index is 12.8. The maximum absolute atomic E-state index is 12.8. The second-order valence-electron chi connectivity index (χ2n) is 4.61. The molecule has 1 aromatic heterocycles. The Morgan fingerprint density at radius 3 is 2.60 bits per heavy atom. The van der Waals surface area contributed by atoms with Crippen molar-refractivity contribution in [2.24, 2.45) is 0 Å². The molecule has 2 rings (SSSR count). The van der Waals surface area contributed by atoms with E-state index in [-0.39, 0.29) is 17.3 Å². The number of halogens is 2. The molecular formula is C14H14FIN2OS. The van der Waals surface area contributed by atoms with Gasteiger partial charge in [0.25, 0.3) is 5.56 Å². The highest BCUT2D eigenvalue weighted by Gasteiger charge is 2.12. The van der Waals surface area contributed by atoms with Crippen molar-refractivity contribution in [3.05, 3.63) is 55.5 Å². The third-order valence-electron chi connectivity index (χ3n) is 2.67. The highest BCUT2D eigenvalue weighted by atomic mass is 127. The maximum Gasteiger partial charge on any atom is 0.264 e. The van der Waals surface area contributed by atoms with Crippen molar-refractivity contribution < 1.29 is 4.39 Å². The number of thioether (sulfide) groups is 1. The van der Waals surface area contributed by atoms with E-state index in [2.05, 4.69) is 9.97 Å². The number of rotatable bonds is 4. The van der Waals surface area contributed by atoms with Gasteiger partial charge >= 0.3 is 0 Å². The lowest BCUT2D eigenvalue weighted by Crippen LogP contribution is -2.18. The van der Waals surface area contributed by atoms with Gasteiger partial charge in [-0.1, -0.05) is 13.8 Å². The molecular weight excluding hydrogens is 390 g/mol. The summed E-state index contributed by atoms with van der Waals surface area (Å²) in [6, 6.07) is 6.28. The van der Waals surface area contributed by atoms with E-state index in [0.29, 0.717) is 15.1 Å². The van der Waals surface area contributed by atoms with Gasteiger partial charge in [0.05, 0.1) is 15.0 Å². The van der Waals surface area contributed by atoms with E-state index in [9.17, 15) is 9.18 Å². The number of H-pyrrole nitrogens is 1. The molecule has 0 unspecified atom stereocenters. The number of nitrogens with one attached hydrogen (secondary N) is 1. The molecule has 1 aromatic carbocycles. The zero-order chi connectivity index (χ0) is 14.7. The van der Waals surface area contributed by atoms with Crippen molar-refractivity contribution in [1.82, 2.24) is 9.97 Å². The van der Waals surface area contributed by atoms with Crippen LogP contribution in [0.4, 0.5) is 4.39 Å². The third-order valence-corrected chi connectivity index (χ3v) is 4.74. The summed E-state index contributed by atoms with van der Waals surface area (Å²) in [5.41, 5.74) is 0.725. The van der Waals surface area contributed by atoms with Crippen LogP contribution in [0.3, 0.4) is 0 Å². The molecule has 1 N–H and O–H groups in total. The minimum absolute atomic E-state index is 0.0981. The fourth-order valence-electron chi connectivity index (χ4n) is 1.66. The normalized spacial score (nSPS) is 11.1. The number of nitrogens with zero attached hydrogens (tertiary/aromatic N) is 1. The predicted molar refractivity (Wildman–Crippen MR) is 87.6 cm³/mol.